The Morgan fingerprint density at radius 2 is 2.07 bits per heavy atom. The highest BCUT2D eigenvalue weighted by atomic mass is 35.5. The van der Waals surface area contributed by atoms with E-state index in [-0.39, 0.29) is 5.69 Å². The summed E-state index contributed by atoms with van der Waals surface area (Å²) in [6, 6.07) is 7.63. The van der Waals surface area contributed by atoms with E-state index >= 15 is 0 Å². The van der Waals surface area contributed by atoms with Crippen molar-refractivity contribution in [3.63, 3.8) is 0 Å². The number of nitrogens with one attached hydrogen (secondary N) is 1. The number of amides is 1. The number of halogens is 1. The number of hydrogen-bond donors (Lipinski definition) is 1. The Balaban J connectivity index is 2.20. The van der Waals surface area contributed by atoms with Crippen molar-refractivity contribution < 1.29 is 19.2 Å². The molecular weight excluding hydrogens is 372 g/mol. The predicted octanol–water partition coefficient (Wildman–Crippen LogP) is 4.62. The molecule has 0 spiro atoms. The number of carbonyl (C=O) groups excluding carboxylic acids is 1. The second kappa shape index (κ2) is 9.05. The summed E-state index contributed by atoms with van der Waals surface area (Å²) in [5, 5.41) is 13.9. The zero-order valence-corrected chi connectivity index (χ0v) is 15.9. The lowest BCUT2D eigenvalue weighted by atomic mass is 10.1. The van der Waals surface area contributed by atoms with Crippen LogP contribution in [0.15, 0.2) is 36.4 Å². The fourth-order valence-electron chi connectivity index (χ4n) is 2.35. The van der Waals surface area contributed by atoms with Crippen LogP contribution in [0.4, 0.5) is 11.4 Å². The standard InChI is InChI=1S/C19H19ClN2O5/c1-4-27-17-10-13(9-15(20)19(17)26-3)6-8-18(23)21-16-11-14(22(24)25)7-5-12(16)2/h5-11H,4H2,1-3H3,(H,21,23)/b8-6+. The van der Waals surface area contributed by atoms with Gasteiger partial charge in [0.1, 0.15) is 0 Å². The third kappa shape index (κ3) is 5.21. The summed E-state index contributed by atoms with van der Waals surface area (Å²) in [6.07, 6.45) is 2.88. The second-order valence-corrected chi connectivity index (χ2v) is 5.95. The molecule has 27 heavy (non-hydrogen) atoms. The average Bonchev–Trinajstić information content (AvgIpc) is 2.62. The Morgan fingerprint density at radius 3 is 2.70 bits per heavy atom. The maximum atomic E-state index is 12.2. The minimum absolute atomic E-state index is 0.0943. The summed E-state index contributed by atoms with van der Waals surface area (Å²) in [4.78, 5) is 22.5. The number of anilines is 1. The van der Waals surface area contributed by atoms with Crippen molar-refractivity contribution in [3.8, 4) is 11.5 Å². The molecule has 0 aromatic heterocycles. The van der Waals surface area contributed by atoms with Crippen molar-refractivity contribution in [2.24, 2.45) is 0 Å². The highest BCUT2D eigenvalue weighted by Crippen LogP contribution is 2.36. The van der Waals surface area contributed by atoms with E-state index < -0.39 is 10.8 Å². The first kappa shape index (κ1) is 20.3. The lowest BCUT2D eigenvalue weighted by Gasteiger charge is -2.11. The van der Waals surface area contributed by atoms with Gasteiger partial charge in [-0.15, -0.1) is 0 Å². The van der Waals surface area contributed by atoms with E-state index in [2.05, 4.69) is 5.32 Å². The highest BCUT2D eigenvalue weighted by Gasteiger charge is 2.12. The number of non-ortho nitro benzene ring substituents is 1. The van der Waals surface area contributed by atoms with Crippen molar-refractivity contribution in [2.45, 2.75) is 13.8 Å². The van der Waals surface area contributed by atoms with E-state index in [0.29, 0.717) is 39.9 Å². The predicted molar refractivity (Wildman–Crippen MR) is 105 cm³/mol. The van der Waals surface area contributed by atoms with Gasteiger partial charge in [-0.2, -0.15) is 0 Å². The molecule has 8 heteroatoms. The van der Waals surface area contributed by atoms with Gasteiger partial charge in [-0.1, -0.05) is 17.7 Å². The molecule has 0 aliphatic carbocycles. The van der Waals surface area contributed by atoms with Crippen LogP contribution in [-0.4, -0.2) is 24.5 Å². The topological polar surface area (TPSA) is 90.7 Å². The van der Waals surface area contributed by atoms with Gasteiger partial charge in [0.15, 0.2) is 11.5 Å². The molecule has 7 nitrogen and oxygen atoms in total. The quantitative estimate of drug-likeness (QED) is 0.423. The molecule has 1 amide bonds. The van der Waals surface area contributed by atoms with Crippen molar-refractivity contribution in [1.82, 2.24) is 0 Å². The number of nitrogens with zero attached hydrogens (tertiary/aromatic N) is 1. The van der Waals surface area contributed by atoms with Crippen LogP contribution >= 0.6 is 11.6 Å². The molecule has 2 aromatic carbocycles. The Labute approximate surface area is 161 Å². The Morgan fingerprint density at radius 1 is 1.33 bits per heavy atom. The fraction of sp³-hybridized carbons (Fsp3) is 0.211. The summed E-state index contributed by atoms with van der Waals surface area (Å²) in [7, 11) is 1.49. The molecule has 0 saturated carbocycles. The van der Waals surface area contributed by atoms with Gasteiger partial charge in [0.25, 0.3) is 5.69 Å². The van der Waals surface area contributed by atoms with Crippen LogP contribution in [0, 0.1) is 17.0 Å². The van der Waals surface area contributed by atoms with E-state index in [1.54, 1.807) is 31.2 Å². The van der Waals surface area contributed by atoms with Crippen LogP contribution in [0.1, 0.15) is 18.1 Å². The number of rotatable bonds is 7. The first-order chi connectivity index (χ1) is 12.8. The van der Waals surface area contributed by atoms with Crippen LogP contribution < -0.4 is 14.8 Å². The molecule has 1 N–H and O–H groups in total. The van der Waals surface area contributed by atoms with Gasteiger partial charge in [-0.05, 0) is 43.2 Å². The number of nitro benzene ring substituents is 1. The highest BCUT2D eigenvalue weighted by molar-refractivity contribution is 6.32. The number of nitro groups is 1. The van der Waals surface area contributed by atoms with Gasteiger partial charge in [0.05, 0.1) is 29.4 Å². The van der Waals surface area contributed by atoms with Crippen molar-refractivity contribution >= 4 is 35.0 Å². The van der Waals surface area contributed by atoms with E-state index in [9.17, 15) is 14.9 Å². The van der Waals surface area contributed by atoms with E-state index in [0.717, 1.165) is 0 Å². The summed E-state index contributed by atoms with van der Waals surface area (Å²) in [5.74, 6) is 0.470. The molecular formula is C19H19ClN2O5. The smallest absolute Gasteiger partial charge is 0.271 e. The normalized spacial score (nSPS) is 10.7. The molecule has 0 aliphatic rings. The fourth-order valence-corrected chi connectivity index (χ4v) is 2.65. The summed E-state index contributed by atoms with van der Waals surface area (Å²) in [6.45, 7) is 4.03. The zero-order chi connectivity index (χ0) is 20.0. The van der Waals surface area contributed by atoms with Crippen LogP contribution in [0.3, 0.4) is 0 Å². The van der Waals surface area contributed by atoms with Gasteiger partial charge in [0, 0.05) is 18.2 Å². The third-order valence-electron chi connectivity index (χ3n) is 3.65. The van der Waals surface area contributed by atoms with Crippen molar-refractivity contribution in [1.29, 1.82) is 0 Å². The molecule has 0 radical (unpaired) electrons. The molecule has 0 aliphatic heterocycles. The van der Waals surface area contributed by atoms with Gasteiger partial charge < -0.3 is 14.8 Å². The van der Waals surface area contributed by atoms with Gasteiger partial charge >= 0.3 is 0 Å². The van der Waals surface area contributed by atoms with Crippen LogP contribution in [-0.2, 0) is 4.79 Å². The minimum atomic E-state index is -0.514. The van der Waals surface area contributed by atoms with Crippen LogP contribution in [0.25, 0.3) is 6.08 Å². The van der Waals surface area contributed by atoms with Crippen molar-refractivity contribution in [3.05, 3.63) is 62.7 Å². The van der Waals surface area contributed by atoms with E-state index in [1.807, 2.05) is 6.92 Å². The van der Waals surface area contributed by atoms with E-state index in [1.165, 1.54) is 25.3 Å². The molecule has 2 rings (SSSR count). The van der Waals surface area contributed by atoms with E-state index in [4.69, 9.17) is 21.1 Å². The lowest BCUT2D eigenvalue weighted by molar-refractivity contribution is -0.384. The first-order valence-electron chi connectivity index (χ1n) is 8.10. The van der Waals surface area contributed by atoms with Crippen LogP contribution in [0.5, 0.6) is 11.5 Å². The lowest BCUT2D eigenvalue weighted by Crippen LogP contribution is -2.09. The summed E-state index contributed by atoms with van der Waals surface area (Å²) < 4.78 is 10.7. The Bertz CT molecular complexity index is 896. The number of ether oxygens (including phenoxy) is 2. The zero-order valence-electron chi connectivity index (χ0n) is 15.1. The molecule has 0 bridgehead atoms. The molecule has 0 atom stereocenters. The maximum absolute atomic E-state index is 12.2. The van der Waals surface area contributed by atoms with Gasteiger partial charge in [-0.3, -0.25) is 14.9 Å². The Kier molecular flexibility index (Phi) is 6.79. The number of aryl methyl sites for hydroxylation is 1. The summed E-state index contributed by atoms with van der Waals surface area (Å²) in [5.41, 5.74) is 1.65. The number of carbonyl (C=O) groups is 1. The average molecular weight is 391 g/mol. The monoisotopic (exact) mass is 390 g/mol. The SMILES string of the molecule is CCOc1cc(/C=C/C(=O)Nc2cc([N+](=O)[O-])ccc2C)cc(Cl)c1OC. The maximum Gasteiger partial charge on any atom is 0.271 e. The molecule has 0 heterocycles. The first-order valence-corrected chi connectivity index (χ1v) is 8.48. The molecule has 0 unspecified atom stereocenters. The third-order valence-corrected chi connectivity index (χ3v) is 3.93. The summed E-state index contributed by atoms with van der Waals surface area (Å²) >= 11 is 6.18. The number of hydrogen-bond acceptors (Lipinski definition) is 5. The van der Waals surface area contributed by atoms with Gasteiger partial charge in [-0.25, -0.2) is 0 Å². The van der Waals surface area contributed by atoms with Gasteiger partial charge in [0.2, 0.25) is 5.91 Å². The largest absolute Gasteiger partial charge is 0.491 e. The minimum Gasteiger partial charge on any atom is -0.491 e. The molecule has 2 aromatic rings. The van der Waals surface area contributed by atoms with Crippen molar-refractivity contribution in [2.75, 3.05) is 19.0 Å². The number of benzene rings is 2. The number of methoxy groups -OCH3 is 1. The van der Waals surface area contributed by atoms with Crippen LogP contribution in [0.2, 0.25) is 5.02 Å². The Hall–Kier alpha value is -3.06. The molecule has 142 valence electrons. The second-order valence-electron chi connectivity index (χ2n) is 5.55. The molecule has 0 saturated heterocycles. The molecule has 0 fully saturated rings.